The SMILES string of the molecule is Cc1nc(Cc2nnc(SCc3sc4ccccc4c3Cl)o2)cs1. The smallest absolute Gasteiger partial charge is 0.276 e. The molecule has 0 saturated carbocycles. The fraction of sp³-hybridized carbons (Fsp3) is 0.188. The minimum atomic E-state index is 0.561. The number of thiazole rings is 1. The lowest BCUT2D eigenvalue weighted by Crippen LogP contribution is -1.88. The topological polar surface area (TPSA) is 51.8 Å². The number of thiophene rings is 1. The zero-order valence-corrected chi connectivity index (χ0v) is 15.9. The summed E-state index contributed by atoms with van der Waals surface area (Å²) in [7, 11) is 0. The van der Waals surface area contributed by atoms with E-state index in [2.05, 4.69) is 21.2 Å². The summed E-state index contributed by atoms with van der Waals surface area (Å²) < 4.78 is 6.90. The Morgan fingerprint density at radius 1 is 1.25 bits per heavy atom. The van der Waals surface area contributed by atoms with E-state index < -0.39 is 0 Å². The number of hydrogen-bond donors (Lipinski definition) is 0. The molecule has 0 atom stereocenters. The van der Waals surface area contributed by atoms with Crippen molar-refractivity contribution in [2.75, 3.05) is 0 Å². The molecule has 4 aromatic rings. The van der Waals surface area contributed by atoms with Gasteiger partial charge in [0.2, 0.25) is 5.89 Å². The van der Waals surface area contributed by atoms with Crippen molar-refractivity contribution >= 4 is 56.1 Å². The molecule has 0 aliphatic rings. The lowest BCUT2D eigenvalue weighted by Gasteiger charge is -1.95. The molecule has 0 radical (unpaired) electrons. The first kappa shape index (κ1) is 16.1. The van der Waals surface area contributed by atoms with Crippen molar-refractivity contribution in [2.24, 2.45) is 0 Å². The highest BCUT2D eigenvalue weighted by atomic mass is 35.5. The van der Waals surface area contributed by atoms with Crippen molar-refractivity contribution in [1.29, 1.82) is 0 Å². The number of aromatic nitrogens is 3. The van der Waals surface area contributed by atoms with E-state index >= 15 is 0 Å². The highest BCUT2D eigenvalue weighted by Gasteiger charge is 2.13. The number of aryl methyl sites for hydroxylation is 1. The number of benzene rings is 1. The summed E-state index contributed by atoms with van der Waals surface area (Å²) in [6, 6.07) is 8.16. The molecule has 3 aromatic heterocycles. The fourth-order valence-corrected chi connectivity index (χ4v) is 5.35. The molecule has 3 heterocycles. The number of hydrogen-bond acceptors (Lipinski definition) is 7. The number of nitrogens with zero attached hydrogens (tertiary/aromatic N) is 3. The minimum absolute atomic E-state index is 0.561. The van der Waals surface area contributed by atoms with Crippen LogP contribution in [-0.4, -0.2) is 15.2 Å². The Morgan fingerprint density at radius 3 is 2.92 bits per heavy atom. The summed E-state index contributed by atoms with van der Waals surface area (Å²) >= 11 is 11.3. The van der Waals surface area contributed by atoms with Crippen molar-refractivity contribution in [3.05, 3.63) is 56.1 Å². The van der Waals surface area contributed by atoms with Crippen LogP contribution >= 0.6 is 46.0 Å². The van der Waals surface area contributed by atoms with Crippen LogP contribution in [0.3, 0.4) is 0 Å². The normalized spacial score (nSPS) is 11.4. The highest BCUT2D eigenvalue weighted by molar-refractivity contribution is 7.98. The van der Waals surface area contributed by atoms with Gasteiger partial charge in [-0.2, -0.15) is 0 Å². The summed E-state index contributed by atoms with van der Waals surface area (Å²) in [4.78, 5) is 5.54. The van der Waals surface area contributed by atoms with Crippen LogP contribution in [0.4, 0.5) is 0 Å². The predicted molar refractivity (Wildman–Crippen MR) is 100 cm³/mol. The molecule has 4 rings (SSSR count). The van der Waals surface area contributed by atoms with Gasteiger partial charge in [-0.05, 0) is 13.0 Å². The Morgan fingerprint density at radius 2 is 2.12 bits per heavy atom. The van der Waals surface area contributed by atoms with Crippen LogP contribution in [0.2, 0.25) is 5.02 Å². The van der Waals surface area contributed by atoms with Crippen LogP contribution in [0.25, 0.3) is 10.1 Å². The quantitative estimate of drug-likeness (QED) is 0.414. The van der Waals surface area contributed by atoms with E-state index in [0.717, 1.165) is 31.7 Å². The van der Waals surface area contributed by atoms with Crippen molar-refractivity contribution in [3.8, 4) is 0 Å². The van der Waals surface area contributed by atoms with Crippen LogP contribution < -0.4 is 0 Å². The molecule has 0 aliphatic heterocycles. The standard InChI is InChI=1S/C16H12ClN3OS3/c1-9-18-10(7-22-9)6-14-19-20-16(21-14)23-8-13-15(17)11-4-2-3-5-12(11)24-13/h2-5,7H,6,8H2,1H3. The molecule has 0 unspecified atom stereocenters. The van der Waals surface area contributed by atoms with Crippen LogP contribution in [0.5, 0.6) is 0 Å². The average molecular weight is 394 g/mol. The molecule has 4 nitrogen and oxygen atoms in total. The van der Waals surface area contributed by atoms with Gasteiger partial charge < -0.3 is 4.42 Å². The molecule has 0 aliphatic carbocycles. The number of halogens is 1. The van der Waals surface area contributed by atoms with E-state index in [1.807, 2.05) is 30.5 Å². The van der Waals surface area contributed by atoms with Gasteiger partial charge in [0.05, 0.1) is 22.1 Å². The van der Waals surface area contributed by atoms with E-state index in [0.29, 0.717) is 17.5 Å². The predicted octanol–water partition coefficient (Wildman–Crippen LogP) is 5.59. The molecule has 0 saturated heterocycles. The van der Waals surface area contributed by atoms with Gasteiger partial charge in [-0.1, -0.05) is 41.6 Å². The Balaban J connectivity index is 1.45. The zero-order chi connectivity index (χ0) is 16.5. The third-order valence-electron chi connectivity index (χ3n) is 3.38. The molecule has 0 N–H and O–H groups in total. The average Bonchev–Trinajstić information content (AvgIpc) is 3.27. The van der Waals surface area contributed by atoms with Crippen molar-refractivity contribution in [2.45, 2.75) is 24.3 Å². The fourth-order valence-electron chi connectivity index (χ4n) is 2.30. The van der Waals surface area contributed by atoms with E-state index in [1.54, 1.807) is 22.7 Å². The zero-order valence-electron chi connectivity index (χ0n) is 12.7. The Kier molecular flexibility index (Phi) is 4.58. The summed E-state index contributed by atoms with van der Waals surface area (Å²) in [5, 5.41) is 13.7. The third-order valence-corrected chi connectivity index (χ3v) is 6.94. The van der Waals surface area contributed by atoms with E-state index in [-0.39, 0.29) is 0 Å². The van der Waals surface area contributed by atoms with E-state index in [9.17, 15) is 0 Å². The van der Waals surface area contributed by atoms with Gasteiger partial charge in [0.15, 0.2) is 0 Å². The van der Waals surface area contributed by atoms with E-state index in [1.165, 1.54) is 16.5 Å². The Bertz CT molecular complexity index is 991. The number of thioether (sulfide) groups is 1. The maximum absolute atomic E-state index is 6.46. The van der Waals surface area contributed by atoms with Crippen molar-refractivity contribution in [3.63, 3.8) is 0 Å². The molecule has 122 valence electrons. The second kappa shape index (κ2) is 6.84. The Hall–Kier alpha value is -1.41. The van der Waals surface area contributed by atoms with Gasteiger partial charge in [-0.15, -0.1) is 32.9 Å². The summed E-state index contributed by atoms with van der Waals surface area (Å²) in [5.41, 5.74) is 0.963. The van der Waals surface area contributed by atoms with Gasteiger partial charge >= 0.3 is 0 Å². The summed E-state index contributed by atoms with van der Waals surface area (Å²) in [6.45, 7) is 1.98. The molecule has 8 heteroatoms. The monoisotopic (exact) mass is 393 g/mol. The first-order chi connectivity index (χ1) is 11.7. The highest BCUT2D eigenvalue weighted by Crippen LogP contribution is 2.38. The largest absolute Gasteiger partial charge is 0.416 e. The molecule has 24 heavy (non-hydrogen) atoms. The van der Waals surface area contributed by atoms with Gasteiger partial charge in [0.25, 0.3) is 5.22 Å². The molecule has 1 aromatic carbocycles. The third kappa shape index (κ3) is 3.35. The minimum Gasteiger partial charge on any atom is -0.416 e. The van der Waals surface area contributed by atoms with E-state index in [4.69, 9.17) is 16.0 Å². The van der Waals surface area contributed by atoms with Gasteiger partial charge in [0.1, 0.15) is 0 Å². The molecular weight excluding hydrogens is 382 g/mol. The molecule has 0 spiro atoms. The lowest BCUT2D eigenvalue weighted by molar-refractivity contribution is 0.419. The number of fused-ring (bicyclic) bond motifs is 1. The van der Waals surface area contributed by atoms with Gasteiger partial charge in [-0.25, -0.2) is 4.98 Å². The van der Waals surface area contributed by atoms with Gasteiger partial charge in [-0.3, -0.25) is 0 Å². The van der Waals surface area contributed by atoms with Crippen LogP contribution in [0.1, 0.15) is 21.5 Å². The second-order valence-electron chi connectivity index (χ2n) is 5.12. The number of rotatable bonds is 5. The van der Waals surface area contributed by atoms with Crippen LogP contribution in [0, 0.1) is 6.92 Å². The Labute approximate surface area is 155 Å². The van der Waals surface area contributed by atoms with Crippen molar-refractivity contribution < 1.29 is 4.42 Å². The second-order valence-corrected chi connectivity index (χ2v) is 8.62. The van der Waals surface area contributed by atoms with Crippen molar-refractivity contribution in [1.82, 2.24) is 15.2 Å². The van der Waals surface area contributed by atoms with Crippen LogP contribution in [-0.2, 0) is 12.2 Å². The molecule has 0 bridgehead atoms. The lowest BCUT2D eigenvalue weighted by atomic mass is 10.2. The van der Waals surface area contributed by atoms with Crippen LogP contribution in [0.15, 0.2) is 39.3 Å². The van der Waals surface area contributed by atoms with Gasteiger partial charge in [0, 0.05) is 26.1 Å². The maximum Gasteiger partial charge on any atom is 0.276 e. The first-order valence-electron chi connectivity index (χ1n) is 7.21. The maximum atomic E-state index is 6.46. The molecule has 0 amide bonds. The first-order valence-corrected chi connectivity index (χ1v) is 10.3. The summed E-state index contributed by atoms with van der Waals surface area (Å²) in [6.07, 6.45) is 0.571. The molecular formula is C16H12ClN3OS3. The molecule has 0 fully saturated rings. The summed E-state index contributed by atoms with van der Waals surface area (Å²) in [5.74, 6) is 1.31.